The zero-order valence-corrected chi connectivity index (χ0v) is 17.1. The first-order valence-electron chi connectivity index (χ1n) is 8.59. The first-order chi connectivity index (χ1) is 13.0. The maximum atomic E-state index is 13.3. The molecule has 0 aliphatic carbocycles. The molecular formula is C21H23NO5S. The number of aliphatic hydroxyl groups is 1. The fourth-order valence-electron chi connectivity index (χ4n) is 2.31. The van der Waals surface area contributed by atoms with Crippen molar-refractivity contribution in [3.63, 3.8) is 0 Å². The SMILES string of the molecule is Cc1ccc(N(C(=O)OC(C)(C)C)S(=O)(=O)c2cccc(C#CCO)c2)cc1. The number of nitrogens with zero attached hydrogens (tertiary/aromatic N) is 1. The molecule has 1 N–H and O–H groups in total. The second-order valence-electron chi connectivity index (χ2n) is 7.07. The van der Waals surface area contributed by atoms with Crippen LogP contribution in [0.25, 0.3) is 0 Å². The molecule has 0 atom stereocenters. The van der Waals surface area contributed by atoms with E-state index in [4.69, 9.17) is 9.84 Å². The van der Waals surface area contributed by atoms with Gasteiger partial charge in [0.2, 0.25) is 0 Å². The lowest BCUT2D eigenvalue weighted by atomic mass is 10.2. The Kier molecular flexibility index (Phi) is 6.49. The Morgan fingerprint density at radius 2 is 1.79 bits per heavy atom. The lowest BCUT2D eigenvalue weighted by molar-refractivity contribution is 0.0609. The minimum atomic E-state index is -4.26. The van der Waals surface area contributed by atoms with E-state index >= 15 is 0 Å². The van der Waals surface area contributed by atoms with Crippen molar-refractivity contribution in [2.24, 2.45) is 0 Å². The van der Waals surface area contributed by atoms with Crippen LogP contribution in [0.1, 0.15) is 31.9 Å². The van der Waals surface area contributed by atoms with E-state index in [-0.39, 0.29) is 17.2 Å². The van der Waals surface area contributed by atoms with E-state index in [1.165, 1.54) is 18.2 Å². The predicted octanol–water partition coefficient (Wildman–Crippen LogP) is 3.47. The number of ether oxygens (including phenoxy) is 1. The van der Waals surface area contributed by atoms with Gasteiger partial charge in [0.25, 0.3) is 10.0 Å². The van der Waals surface area contributed by atoms with Crippen LogP contribution in [0.15, 0.2) is 53.4 Å². The Balaban J connectivity index is 2.58. The van der Waals surface area contributed by atoms with E-state index in [0.717, 1.165) is 5.56 Å². The van der Waals surface area contributed by atoms with Crippen LogP contribution in [-0.2, 0) is 14.8 Å². The van der Waals surface area contributed by atoms with Crippen molar-refractivity contribution in [3.8, 4) is 11.8 Å². The average molecular weight is 401 g/mol. The highest BCUT2D eigenvalue weighted by Gasteiger charge is 2.34. The Hall–Kier alpha value is -2.82. The summed E-state index contributed by atoms with van der Waals surface area (Å²) in [5, 5.41) is 8.84. The van der Waals surface area contributed by atoms with Crippen LogP contribution in [-0.4, -0.2) is 31.8 Å². The molecule has 1 amide bonds. The van der Waals surface area contributed by atoms with Crippen LogP contribution in [0.3, 0.4) is 0 Å². The van der Waals surface area contributed by atoms with Crippen LogP contribution in [0, 0.1) is 18.8 Å². The first-order valence-corrected chi connectivity index (χ1v) is 10.0. The predicted molar refractivity (Wildman–Crippen MR) is 107 cm³/mol. The van der Waals surface area contributed by atoms with Crippen molar-refractivity contribution in [1.29, 1.82) is 0 Å². The summed E-state index contributed by atoms with van der Waals surface area (Å²) in [7, 11) is -4.26. The Morgan fingerprint density at radius 3 is 2.36 bits per heavy atom. The van der Waals surface area contributed by atoms with Gasteiger partial charge < -0.3 is 9.84 Å². The van der Waals surface area contributed by atoms with Gasteiger partial charge in [-0.05, 0) is 58.0 Å². The molecule has 0 aromatic heterocycles. The molecule has 28 heavy (non-hydrogen) atoms. The van der Waals surface area contributed by atoms with Crippen molar-refractivity contribution >= 4 is 21.8 Å². The van der Waals surface area contributed by atoms with Gasteiger partial charge in [-0.25, -0.2) is 13.2 Å². The molecule has 0 heterocycles. The molecular weight excluding hydrogens is 378 g/mol. The van der Waals surface area contributed by atoms with E-state index in [2.05, 4.69) is 11.8 Å². The summed E-state index contributed by atoms with van der Waals surface area (Å²) >= 11 is 0. The van der Waals surface area contributed by atoms with Gasteiger partial charge in [-0.3, -0.25) is 0 Å². The Bertz CT molecular complexity index is 1010. The number of amides is 1. The quantitative estimate of drug-likeness (QED) is 0.796. The second kappa shape index (κ2) is 8.46. The number of anilines is 1. The number of hydrogen-bond donors (Lipinski definition) is 1. The van der Waals surface area contributed by atoms with Crippen LogP contribution in [0.2, 0.25) is 0 Å². The molecule has 0 saturated carbocycles. The van der Waals surface area contributed by atoms with Crippen LogP contribution in [0.4, 0.5) is 10.5 Å². The van der Waals surface area contributed by atoms with E-state index in [9.17, 15) is 13.2 Å². The molecule has 0 saturated heterocycles. The molecule has 0 bridgehead atoms. The second-order valence-corrected chi connectivity index (χ2v) is 8.86. The van der Waals surface area contributed by atoms with Gasteiger partial charge in [0.1, 0.15) is 12.2 Å². The summed E-state index contributed by atoms with van der Waals surface area (Å²) in [6.07, 6.45) is -0.997. The number of carbonyl (C=O) groups is 1. The largest absolute Gasteiger partial charge is 0.443 e. The number of carbonyl (C=O) groups excluding carboxylic acids is 1. The molecule has 0 fully saturated rings. The lowest BCUT2D eigenvalue weighted by Crippen LogP contribution is -2.41. The zero-order chi connectivity index (χ0) is 20.9. The van der Waals surface area contributed by atoms with Crippen molar-refractivity contribution in [2.75, 3.05) is 10.9 Å². The molecule has 0 unspecified atom stereocenters. The molecule has 0 aliphatic heterocycles. The van der Waals surface area contributed by atoms with Gasteiger partial charge in [0.05, 0.1) is 10.6 Å². The van der Waals surface area contributed by atoms with Gasteiger partial charge in [-0.15, -0.1) is 0 Å². The molecule has 0 aliphatic rings. The number of sulfonamides is 1. The monoisotopic (exact) mass is 401 g/mol. The van der Waals surface area contributed by atoms with Crippen molar-refractivity contribution in [3.05, 3.63) is 59.7 Å². The van der Waals surface area contributed by atoms with Gasteiger partial charge in [-0.2, -0.15) is 4.31 Å². The average Bonchev–Trinajstić information content (AvgIpc) is 2.60. The fourth-order valence-corrected chi connectivity index (χ4v) is 3.68. The first kappa shape index (κ1) is 21.5. The van der Waals surface area contributed by atoms with Crippen LogP contribution >= 0.6 is 0 Å². The highest BCUT2D eigenvalue weighted by molar-refractivity contribution is 7.93. The van der Waals surface area contributed by atoms with Crippen LogP contribution < -0.4 is 4.31 Å². The molecule has 2 aromatic rings. The Labute approximate surface area is 165 Å². The van der Waals surface area contributed by atoms with Gasteiger partial charge in [0.15, 0.2) is 0 Å². The number of hydrogen-bond acceptors (Lipinski definition) is 5. The lowest BCUT2D eigenvalue weighted by Gasteiger charge is -2.27. The van der Waals surface area contributed by atoms with Crippen molar-refractivity contribution in [1.82, 2.24) is 0 Å². The van der Waals surface area contributed by atoms with E-state index < -0.39 is 21.7 Å². The van der Waals surface area contributed by atoms with Gasteiger partial charge >= 0.3 is 6.09 Å². The molecule has 148 valence electrons. The fraction of sp³-hybridized carbons (Fsp3) is 0.286. The summed E-state index contributed by atoms with van der Waals surface area (Å²) < 4.78 is 32.6. The number of benzene rings is 2. The van der Waals surface area contributed by atoms with E-state index in [1.807, 2.05) is 6.92 Å². The van der Waals surface area contributed by atoms with E-state index in [1.54, 1.807) is 51.1 Å². The third kappa shape index (κ3) is 5.35. The standard InChI is InChI=1S/C21H23NO5S/c1-16-10-12-18(13-11-16)22(20(24)27-21(2,3)4)28(25,26)19-9-5-7-17(15-19)8-6-14-23/h5,7,9-13,15,23H,14H2,1-4H3. The zero-order valence-electron chi connectivity index (χ0n) is 16.3. The molecule has 6 nitrogen and oxygen atoms in total. The summed E-state index contributed by atoms with van der Waals surface area (Å²) in [5.74, 6) is 5.13. The molecule has 2 rings (SSSR count). The summed E-state index contributed by atoms with van der Waals surface area (Å²) in [5.41, 5.74) is 0.630. The molecule has 0 radical (unpaired) electrons. The van der Waals surface area contributed by atoms with Crippen LogP contribution in [0.5, 0.6) is 0 Å². The maximum Gasteiger partial charge on any atom is 0.429 e. The minimum absolute atomic E-state index is 0.108. The van der Waals surface area contributed by atoms with Crippen molar-refractivity contribution in [2.45, 2.75) is 38.2 Å². The summed E-state index contributed by atoms with van der Waals surface area (Å²) in [6, 6.07) is 12.4. The third-order valence-corrected chi connectivity index (χ3v) is 5.20. The van der Waals surface area contributed by atoms with Gasteiger partial charge in [-0.1, -0.05) is 35.6 Å². The highest BCUT2D eigenvalue weighted by atomic mass is 32.2. The normalized spacial score (nSPS) is 11.3. The maximum absolute atomic E-state index is 13.3. The summed E-state index contributed by atoms with van der Waals surface area (Å²) in [6.45, 7) is 6.51. The number of aryl methyl sites for hydroxylation is 1. The molecule has 2 aromatic carbocycles. The molecule has 7 heteroatoms. The molecule has 0 spiro atoms. The third-order valence-electron chi connectivity index (χ3n) is 3.51. The number of rotatable bonds is 3. The summed E-state index contributed by atoms with van der Waals surface area (Å²) in [4.78, 5) is 12.7. The van der Waals surface area contributed by atoms with E-state index in [0.29, 0.717) is 9.87 Å². The van der Waals surface area contributed by atoms with Gasteiger partial charge in [0, 0.05) is 5.56 Å². The topological polar surface area (TPSA) is 83.9 Å². The minimum Gasteiger partial charge on any atom is -0.443 e. The smallest absolute Gasteiger partial charge is 0.429 e. The Morgan fingerprint density at radius 1 is 1.14 bits per heavy atom. The number of aliphatic hydroxyl groups excluding tert-OH is 1. The highest BCUT2D eigenvalue weighted by Crippen LogP contribution is 2.27. The van der Waals surface area contributed by atoms with Crippen molar-refractivity contribution < 1.29 is 23.1 Å².